The molecule has 1 aliphatic rings. The Labute approximate surface area is 186 Å². The highest BCUT2D eigenvalue weighted by atomic mass is 16.5. The molecular weight excluding hydrogens is 390 g/mol. The van der Waals surface area contributed by atoms with Gasteiger partial charge in [-0.15, -0.1) is 10.2 Å². The molecule has 170 valence electrons. The summed E-state index contributed by atoms with van der Waals surface area (Å²) in [6, 6.07) is 4.46. The first-order valence-corrected chi connectivity index (χ1v) is 11.3. The summed E-state index contributed by atoms with van der Waals surface area (Å²) >= 11 is 0. The van der Waals surface area contributed by atoms with Crippen LogP contribution in [-0.4, -0.2) is 52.4 Å². The maximum Gasteiger partial charge on any atom is 0.246 e. The number of carbonyl (C=O) groups excluding carboxylic acids is 1. The summed E-state index contributed by atoms with van der Waals surface area (Å²) in [6.07, 6.45) is 1.68. The Kier molecular flexibility index (Phi) is 7.84. The van der Waals surface area contributed by atoms with Crippen LogP contribution in [0.3, 0.4) is 0 Å². The van der Waals surface area contributed by atoms with Crippen molar-refractivity contribution in [1.82, 2.24) is 25.0 Å². The van der Waals surface area contributed by atoms with Gasteiger partial charge in [-0.25, -0.2) is 0 Å². The van der Waals surface area contributed by atoms with Gasteiger partial charge in [-0.3, -0.25) is 9.69 Å². The molecule has 1 aromatic heterocycles. The lowest BCUT2D eigenvalue weighted by Crippen LogP contribution is -2.34. The number of carbonyl (C=O) groups is 1. The molecule has 0 fully saturated rings. The van der Waals surface area contributed by atoms with Gasteiger partial charge in [-0.1, -0.05) is 26.0 Å². The molecule has 0 bridgehead atoms. The van der Waals surface area contributed by atoms with Gasteiger partial charge in [0.2, 0.25) is 5.91 Å². The topological polar surface area (TPSA) is 72.3 Å². The summed E-state index contributed by atoms with van der Waals surface area (Å²) < 4.78 is 7.21. The predicted molar refractivity (Wildman–Crippen MR) is 122 cm³/mol. The molecule has 31 heavy (non-hydrogen) atoms. The molecule has 0 aliphatic carbocycles. The number of aryl methyl sites for hydroxylation is 3. The van der Waals surface area contributed by atoms with Crippen LogP contribution >= 0.6 is 0 Å². The fourth-order valence-corrected chi connectivity index (χ4v) is 4.30. The van der Waals surface area contributed by atoms with E-state index in [1.165, 1.54) is 29.4 Å². The summed E-state index contributed by atoms with van der Waals surface area (Å²) in [5.74, 6) is 2.17. The molecule has 1 atom stereocenters. The Morgan fingerprint density at radius 2 is 1.84 bits per heavy atom. The fraction of sp³-hybridized carbons (Fsp3) is 0.625. The third-order valence-corrected chi connectivity index (χ3v) is 6.12. The molecular formula is C24H37N5O2. The van der Waals surface area contributed by atoms with E-state index in [1.807, 2.05) is 0 Å². The van der Waals surface area contributed by atoms with Gasteiger partial charge in [0, 0.05) is 39.7 Å². The van der Waals surface area contributed by atoms with E-state index < -0.39 is 0 Å². The van der Waals surface area contributed by atoms with Crippen LogP contribution in [0, 0.1) is 26.7 Å². The summed E-state index contributed by atoms with van der Waals surface area (Å²) in [7, 11) is 1.53. The van der Waals surface area contributed by atoms with Crippen molar-refractivity contribution in [1.29, 1.82) is 0 Å². The monoisotopic (exact) mass is 427 g/mol. The zero-order chi connectivity index (χ0) is 22.5. The molecule has 1 N–H and O–H groups in total. The van der Waals surface area contributed by atoms with E-state index in [1.54, 1.807) is 0 Å². The van der Waals surface area contributed by atoms with Crippen molar-refractivity contribution in [3.8, 4) is 0 Å². The lowest BCUT2D eigenvalue weighted by atomic mass is 10.0. The molecule has 7 heteroatoms. The number of hydrogen-bond donors (Lipinski definition) is 1. The first-order chi connectivity index (χ1) is 14.8. The molecule has 0 saturated carbocycles. The quantitative estimate of drug-likeness (QED) is 0.701. The van der Waals surface area contributed by atoms with Crippen molar-refractivity contribution >= 4 is 5.91 Å². The zero-order valence-electron chi connectivity index (χ0n) is 19.9. The number of nitrogens with one attached hydrogen (secondary N) is 1. The summed E-state index contributed by atoms with van der Waals surface area (Å²) in [4.78, 5) is 14.7. The van der Waals surface area contributed by atoms with Gasteiger partial charge in [-0.2, -0.15) is 0 Å². The molecule has 2 heterocycles. The van der Waals surface area contributed by atoms with Crippen LogP contribution in [0.2, 0.25) is 0 Å². The van der Waals surface area contributed by atoms with Gasteiger partial charge in [-0.05, 0) is 55.4 Å². The van der Waals surface area contributed by atoms with Crippen molar-refractivity contribution in [2.24, 2.45) is 5.92 Å². The molecule has 1 amide bonds. The standard InChI is InChI=1S/C24H37N5O2/c1-16(2)11-21(25-23(30)15-31-6)24-27-26-22-7-8-28(9-10-29(22)24)14-20-13-18(4)17(3)12-19(20)5/h12-13,16,21H,7-11,14-15H2,1-6H3,(H,25,30)/t21-/m1/s1. The highest BCUT2D eigenvalue weighted by molar-refractivity contribution is 5.77. The molecule has 0 radical (unpaired) electrons. The molecule has 1 aliphatic heterocycles. The second-order valence-corrected chi connectivity index (χ2v) is 9.20. The Hall–Kier alpha value is -2.25. The van der Waals surface area contributed by atoms with Gasteiger partial charge in [0.1, 0.15) is 12.4 Å². The van der Waals surface area contributed by atoms with Gasteiger partial charge >= 0.3 is 0 Å². The van der Waals surface area contributed by atoms with Gasteiger partial charge in [0.25, 0.3) is 0 Å². The number of benzene rings is 1. The number of amides is 1. The zero-order valence-corrected chi connectivity index (χ0v) is 19.9. The van der Waals surface area contributed by atoms with Crippen LogP contribution in [0.1, 0.15) is 60.2 Å². The van der Waals surface area contributed by atoms with Crippen molar-refractivity contribution in [2.75, 3.05) is 26.8 Å². The first kappa shape index (κ1) is 23.4. The third kappa shape index (κ3) is 5.92. The maximum absolute atomic E-state index is 12.2. The smallest absolute Gasteiger partial charge is 0.246 e. The van der Waals surface area contributed by atoms with E-state index in [2.05, 4.69) is 71.7 Å². The minimum absolute atomic E-state index is 0.0543. The molecule has 0 saturated heterocycles. The Morgan fingerprint density at radius 3 is 2.55 bits per heavy atom. The minimum Gasteiger partial charge on any atom is -0.375 e. The fourth-order valence-electron chi connectivity index (χ4n) is 4.30. The van der Waals surface area contributed by atoms with E-state index in [0.29, 0.717) is 5.92 Å². The molecule has 0 spiro atoms. The lowest BCUT2D eigenvalue weighted by molar-refractivity contribution is -0.125. The highest BCUT2D eigenvalue weighted by Gasteiger charge is 2.26. The van der Waals surface area contributed by atoms with Crippen molar-refractivity contribution < 1.29 is 9.53 Å². The van der Waals surface area contributed by atoms with Crippen molar-refractivity contribution in [2.45, 2.75) is 66.6 Å². The summed E-state index contributed by atoms with van der Waals surface area (Å²) in [5.41, 5.74) is 5.44. The largest absolute Gasteiger partial charge is 0.375 e. The Balaban J connectivity index is 1.74. The number of rotatable bonds is 8. The van der Waals surface area contributed by atoms with Crippen LogP contribution in [0.5, 0.6) is 0 Å². The second kappa shape index (κ2) is 10.4. The highest BCUT2D eigenvalue weighted by Crippen LogP contribution is 2.23. The maximum atomic E-state index is 12.2. The van der Waals surface area contributed by atoms with E-state index in [9.17, 15) is 4.79 Å². The van der Waals surface area contributed by atoms with E-state index in [-0.39, 0.29) is 18.6 Å². The molecule has 3 rings (SSSR count). The van der Waals surface area contributed by atoms with E-state index in [4.69, 9.17) is 4.74 Å². The normalized spacial score (nSPS) is 15.6. The molecule has 2 aromatic rings. The van der Waals surface area contributed by atoms with Crippen molar-refractivity contribution in [3.63, 3.8) is 0 Å². The second-order valence-electron chi connectivity index (χ2n) is 9.20. The predicted octanol–water partition coefficient (Wildman–Crippen LogP) is 3.11. The number of hydrogen-bond acceptors (Lipinski definition) is 5. The Bertz CT molecular complexity index is 906. The third-order valence-electron chi connectivity index (χ3n) is 6.12. The number of methoxy groups -OCH3 is 1. The SMILES string of the molecule is COCC(=O)N[C@H](CC(C)C)c1nnc2n1CCN(Cc1cc(C)c(C)cc1C)CC2. The van der Waals surface area contributed by atoms with E-state index >= 15 is 0 Å². The molecule has 0 unspecified atom stereocenters. The van der Waals surface area contributed by atoms with Crippen LogP contribution in [0.4, 0.5) is 0 Å². The number of aromatic nitrogens is 3. The number of nitrogens with zero attached hydrogens (tertiary/aromatic N) is 4. The van der Waals surface area contributed by atoms with E-state index in [0.717, 1.165) is 50.7 Å². The average molecular weight is 428 g/mol. The van der Waals surface area contributed by atoms with Crippen LogP contribution in [0.15, 0.2) is 12.1 Å². The molecule has 7 nitrogen and oxygen atoms in total. The van der Waals surface area contributed by atoms with Crippen LogP contribution in [0.25, 0.3) is 0 Å². The number of fused-ring (bicyclic) bond motifs is 1. The van der Waals surface area contributed by atoms with Crippen LogP contribution in [-0.2, 0) is 29.0 Å². The van der Waals surface area contributed by atoms with Crippen LogP contribution < -0.4 is 5.32 Å². The average Bonchev–Trinajstić information content (AvgIpc) is 2.99. The number of ether oxygens (including phenoxy) is 1. The first-order valence-electron chi connectivity index (χ1n) is 11.3. The van der Waals surface area contributed by atoms with Crippen molar-refractivity contribution in [3.05, 3.63) is 46.0 Å². The Morgan fingerprint density at radius 1 is 1.10 bits per heavy atom. The summed E-state index contributed by atoms with van der Waals surface area (Å²) in [6.45, 7) is 14.6. The molecule has 1 aromatic carbocycles. The van der Waals surface area contributed by atoms with Gasteiger partial charge < -0.3 is 14.6 Å². The lowest BCUT2D eigenvalue weighted by Gasteiger charge is -2.23. The minimum atomic E-state index is -0.155. The van der Waals surface area contributed by atoms with Gasteiger partial charge in [0.05, 0.1) is 6.04 Å². The van der Waals surface area contributed by atoms with Gasteiger partial charge in [0.15, 0.2) is 5.82 Å². The summed E-state index contributed by atoms with van der Waals surface area (Å²) in [5, 5.41) is 12.1.